The Balaban J connectivity index is 2.26. The molecule has 0 spiro atoms. The van der Waals surface area contributed by atoms with E-state index < -0.39 is 11.7 Å². The molecule has 1 heterocycles. The molecule has 20 heavy (non-hydrogen) atoms. The number of hydrogen-bond donors (Lipinski definition) is 1. The fourth-order valence-corrected chi connectivity index (χ4v) is 1.74. The van der Waals surface area contributed by atoms with Gasteiger partial charge < -0.3 is 10.1 Å². The number of pyridine rings is 1. The lowest BCUT2D eigenvalue weighted by Crippen LogP contribution is -2.15. The second-order valence-corrected chi connectivity index (χ2v) is 4.23. The number of amides is 1. The third-order valence-electron chi connectivity index (χ3n) is 2.67. The van der Waals surface area contributed by atoms with E-state index in [0.717, 1.165) is 5.56 Å². The van der Waals surface area contributed by atoms with Gasteiger partial charge in [0, 0.05) is 6.20 Å². The van der Waals surface area contributed by atoms with E-state index in [4.69, 9.17) is 4.74 Å². The minimum atomic E-state index is -0.560. The topological polar surface area (TPSA) is 51.2 Å². The predicted octanol–water partition coefficient (Wildman–Crippen LogP) is 3.18. The van der Waals surface area contributed by atoms with Crippen molar-refractivity contribution in [2.24, 2.45) is 0 Å². The standard InChI is InChI=1S/C15H15FN2O2/c1-3-20-15-13(5-4-8-17-15)18-14(19)11-9-10(2)6-7-12(11)16/h4-9H,3H2,1-2H3,(H,18,19). The van der Waals surface area contributed by atoms with Gasteiger partial charge in [-0.25, -0.2) is 9.37 Å². The molecule has 0 aliphatic carbocycles. The van der Waals surface area contributed by atoms with Crippen molar-refractivity contribution in [1.82, 2.24) is 4.98 Å². The van der Waals surface area contributed by atoms with Gasteiger partial charge in [0.05, 0.1) is 12.2 Å². The third kappa shape index (κ3) is 3.12. The van der Waals surface area contributed by atoms with E-state index in [9.17, 15) is 9.18 Å². The van der Waals surface area contributed by atoms with Gasteiger partial charge in [0.25, 0.3) is 5.91 Å². The van der Waals surface area contributed by atoms with Crippen LogP contribution in [0.4, 0.5) is 10.1 Å². The Labute approximate surface area is 116 Å². The van der Waals surface area contributed by atoms with Crippen molar-refractivity contribution in [3.05, 3.63) is 53.5 Å². The monoisotopic (exact) mass is 274 g/mol. The highest BCUT2D eigenvalue weighted by Gasteiger charge is 2.14. The largest absolute Gasteiger partial charge is 0.476 e. The molecule has 104 valence electrons. The van der Waals surface area contributed by atoms with Crippen LogP contribution in [-0.2, 0) is 0 Å². The van der Waals surface area contributed by atoms with Gasteiger partial charge in [0.1, 0.15) is 11.5 Å². The number of halogens is 1. The summed E-state index contributed by atoms with van der Waals surface area (Å²) in [6.07, 6.45) is 1.56. The molecule has 1 N–H and O–H groups in total. The minimum Gasteiger partial charge on any atom is -0.476 e. The number of aryl methyl sites for hydroxylation is 1. The number of nitrogens with zero attached hydrogens (tertiary/aromatic N) is 1. The van der Waals surface area contributed by atoms with E-state index in [1.807, 2.05) is 6.92 Å². The van der Waals surface area contributed by atoms with Crippen LogP contribution in [0.1, 0.15) is 22.8 Å². The van der Waals surface area contributed by atoms with Gasteiger partial charge in [-0.1, -0.05) is 11.6 Å². The molecule has 2 rings (SSSR count). The Hall–Kier alpha value is -2.43. The molecule has 0 aliphatic heterocycles. The zero-order chi connectivity index (χ0) is 14.5. The van der Waals surface area contributed by atoms with Crippen molar-refractivity contribution in [3.63, 3.8) is 0 Å². The molecule has 0 aliphatic rings. The molecule has 0 atom stereocenters. The van der Waals surface area contributed by atoms with Gasteiger partial charge in [-0.3, -0.25) is 4.79 Å². The number of anilines is 1. The first-order valence-electron chi connectivity index (χ1n) is 6.27. The summed E-state index contributed by atoms with van der Waals surface area (Å²) in [6.45, 7) is 4.05. The number of rotatable bonds is 4. The van der Waals surface area contributed by atoms with Gasteiger partial charge >= 0.3 is 0 Å². The highest BCUT2D eigenvalue weighted by atomic mass is 19.1. The number of aromatic nitrogens is 1. The Bertz CT molecular complexity index is 629. The number of carbonyl (C=O) groups is 1. The summed E-state index contributed by atoms with van der Waals surface area (Å²) in [6, 6.07) is 7.72. The maximum Gasteiger partial charge on any atom is 0.258 e. The fourth-order valence-electron chi connectivity index (χ4n) is 1.74. The highest BCUT2D eigenvalue weighted by molar-refractivity contribution is 6.05. The second kappa shape index (κ2) is 6.14. The lowest BCUT2D eigenvalue weighted by molar-refractivity contribution is 0.102. The Morgan fingerprint density at radius 2 is 2.20 bits per heavy atom. The van der Waals surface area contributed by atoms with E-state index in [-0.39, 0.29) is 5.56 Å². The molecule has 5 heteroatoms. The van der Waals surface area contributed by atoms with Crippen LogP contribution in [0.3, 0.4) is 0 Å². The lowest BCUT2D eigenvalue weighted by atomic mass is 10.1. The Kier molecular flexibility index (Phi) is 4.30. The van der Waals surface area contributed by atoms with Gasteiger partial charge in [-0.15, -0.1) is 0 Å². The van der Waals surface area contributed by atoms with Crippen LogP contribution in [0.15, 0.2) is 36.5 Å². The number of benzene rings is 1. The zero-order valence-corrected chi connectivity index (χ0v) is 11.3. The van der Waals surface area contributed by atoms with E-state index >= 15 is 0 Å². The maximum atomic E-state index is 13.7. The molecule has 1 aromatic heterocycles. The van der Waals surface area contributed by atoms with Crippen molar-refractivity contribution in [3.8, 4) is 5.88 Å². The quantitative estimate of drug-likeness (QED) is 0.931. The van der Waals surface area contributed by atoms with E-state index in [2.05, 4.69) is 10.3 Å². The molecule has 0 fully saturated rings. The molecule has 1 aromatic carbocycles. The van der Waals surface area contributed by atoms with Gasteiger partial charge in [-0.05, 0) is 38.1 Å². The SMILES string of the molecule is CCOc1ncccc1NC(=O)c1cc(C)ccc1F. The van der Waals surface area contributed by atoms with Crippen LogP contribution < -0.4 is 10.1 Å². The molecule has 1 amide bonds. The number of nitrogens with one attached hydrogen (secondary N) is 1. The van der Waals surface area contributed by atoms with E-state index in [0.29, 0.717) is 18.2 Å². The van der Waals surface area contributed by atoms with Gasteiger partial charge in [0.2, 0.25) is 5.88 Å². The lowest BCUT2D eigenvalue weighted by Gasteiger charge is -2.10. The normalized spacial score (nSPS) is 10.2. The van der Waals surface area contributed by atoms with Crippen molar-refractivity contribution in [1.29, 1.82) is 0 Å². The fraction of sp³-hybridized carbons (Fsp3) is 0.200. The summed E-state index contributed by atoms with van der Waals surface area (Å²) < 4.78 is 19.0. The molecule has 0 saturated carbocycles. The summed E-state index contributed by atoms with van der Waals surface area (Å²) >= 11 is 0. The van der Waals surface area contributed by atoms with Crippen molar-refractivity contribution < 1.29 is 13.9 Å². The number of ether oxygens (including phenoxy) is 1. The molecular formula is C15H15FN2O2. The smallest absolute Gasteiger partial charge is 0.258 e. The first-order valence-corrected chi connectivity index (χ1v) is 6.27. The molecule has 0 bridgehead atoms. The first-order chi connectivity index (χ1) is 9.61. The van der Waals surface area contributed by atoms with Crippen LogP contribution >= 0.6 is 0 Å². The van der Waals surface area contributed by atoms with Crippen LogP contribution in [0.2, 0.25) is 0 Å². The molecule has 0 unspecified atom stereocenters. The summed E-state index contributed by atoms with van der Waals surface area (Å²) in [5.41, 5.74) is 1.23. The summed E-state index contributed by atoms with van der Waals surface area (Å²) in [5, 5.41) is 2.61. The second-order valence-electron chi connectivity index (χ2n) is 4.23. The Morgan fingerprint density at radius 1 is 1.40 bits per heavy atom. The van der Waals surface area contributed by atoms with Crippen LogP contribution in [-0.4, -0.2) is 17.5 Å². The maximum absolute atomic E-state index is 13.7. The first kappa shape index (κ1) is 14.0. The minimum absolute atomic E-state index is 0.00342. The van der Waals surface area contributed by atoms with Crippen LogP contribution in [0.5, 0.6) is 5.88 Å². The summed E-state index contributed by atoms with van der Waals surface area (Å²) in [5.74, 6) is -0.772. The van der Waals surface area contributed by atoms with Gasteiger partial charge in [-0.2, -0.15) is 0 Å². The van der Waals surface area contributed by atoms with E-state index in [1.54, 1.807) is 31.3 Å². The molecule has 2 aromatic rings. The summed E-state index contributed by atoms with van der Waals surface area (Å²) in [4.78, 5) is 16.1. The van der Waals surface area contributed by atoms with Crippen molar-refractivity contribution >= 4 is 11.6 Å². The molecule has 4 nitrogen and oxygen atoms in total. The number of carbonyl (C=O) groups excluding carboxylic acids is 1. The van der Waals surface area contributed by atoms with Crippen molar-refractivity contribution in [2.75, 3.05) is 11.9 Å². The Morgan fingerprint density at radius 3 is 2.95 bits per heavy atom. The average Bonchev–Trinajstić information content (AvgIpc) is 2.44. The van der Waals surface area contributed by atoms with Gasteiger partial charge in [0.15, 0.2) is 0 Å². The molecular weight excluding hydrogens is 259 g/mol. The van der Waals surface area contributed by atoms with Crippen molar-refractivity contribution in [2.45, 2.75) is 13.8 Å². The van der Waals surface area contributed by atoms with Crippen LogP contribution in [0.25, 0.3) is 0 Å². The average molecular weight is 274 g/mol. The zero-order valence-electron chi connectivity index (χ0n) is 11.3. The molecule has 0 radical (unpaired) electrons. The summed E-state index contributed by atoms with van der Waals surface area (Å²) in [7, 11) is 0. The number of hydrogen-bond acceptors (Lipinski definition) is 3. The van der Waals surface area contributed by atoms with E-state index in [1.165, 1.54) is 12.1 Å². The third-order valence-corrected chi connectivity index (χ3v) is 2.67. The highest BCUT2D eigenvalue weighted by Crippen LogP contribution is 2.22. The van der Waals surface area contributed by atoms with Crippen LogP contribution in [0, 0.1) is 12.7 Å². The predicted molar refractivity (Wildman–Crippen MR) is 74.5 cm³/mol. The molecule has 0 saturated heterocycles.